The van der Waals surface area contributed by atoms with Crippen molar-refractivity contribution in [2.75, 3.05) is 6.54 Å². The van der Waals surface area contributed by atoms with Crippen molar-refractivity contribution in [3.8, 4) is 0 Å². The van der Waals surface area contributed by atoms with Gasteiger partial charge in [-0.15, -0.1) is 0 Å². The molecule has 0 saturated heterocycles. The molecule has 0 aliphatic heterocycles. The minimum atomic E-state index is -0.927. The molecule has 0 radical (unpaired) electrons. The van der Waals surface area contributed by atoms with Crippen LogP contribution in [0.25, 0.3) is 0 Å². The maximum atomic E-state index is 11.6. The number of aliphatic carboxylic acids is 1. The van der Waals surface area contributed by atoms with E-state index in [4.69, 9.17) is 5.11 Å². The molecule has 5 nitrogen and oxygen atoms in total. The van der Waals surface area contributed by atoms with Crippen molar-refractivity contribution in [1.29, 1.82) is 0 Å². The zero-order valence-electron chi connectivity index (χ0n) is 11.3. The Bertz CT molecular complexity index is 434. The van der Waals surface area contributed by atoms with E-state index in [1.807, 2.05) is 30.3 Å². The molecule has 0 heterocycles. The molecule has 0 fully saturated rings. The number of carbonyl (C=O) groups is 2. The molecule has 104 valence electrons. The van der Waals surface area contributed by atoms with Gasteiger partial charge in [0.25, 0.3) is 0 Å². The minimum absolute atomic E-state index is 0.111. The number of amides is 2. The van der Waals surface area contributed by atoms with Gasteiger partial charge in [0.1, 0.15) is 0 Å². The molecule has 2 amide bonds. The Labute approximate surface area is 113 Å². The standard InChI is InChI=1S/C14H20N2O3/c1-3-14(2,12(17)18)10-16-13(19)15-9-11-7-5-4-6-8-11/h4-8H,3,9-10H2,1-2H3,(H,17,18)(H2,15,16,19). The van der Waals surface area contributed by atoms with Crippen LogP contribution in [0.3, 0.4) is 0 Å². The van der Waals surface area contributed by atoms with Crippen LogP contribution in [0.15, 0.2) is 30.3 Å². The van der Waals surface area contributed by atoms with Crippen molar-refractivity contribution in [2.24, 2.45) is 5.41 Å². The van der Waals surface area contributed by atoms with Gasteiger partial charge < -0.3 is 15.7 Å². The van der Waals surface area contributed by atoms with Gasteiger partial charge in [0.15, 0.2) is 0 Å². The summed E-state index contributed by atoms with van der Waals surface area (Å²) in [5.74, 6) is -0.904. The van der Waals surface area contributed by atoms with Crippen LogP contribution >= 0.6 is 0 Å². The molecule has 0 aliphatic rings. The number of carbonyl (C=O) groups excluding carboxylic acids is 1. The first-order valence-electron chi connectivity index (χ1n) is 6.27. The maximum absolute atomic E-state index is 11.6. The molecule has 1 atom stereocenters. The zero-order valence-corrected chi connectivity index (χ0v) is 11.3. The van der Waals surface area contributed by atoms with E-state index in [0.29, 0.717) is 13.0 Å². The largest absolute Gasteiger partial charge is 0.481 e. The van der Waals surface area contributed by atoms with Gasteiger partial charge in [-0.2, -0.15) is 0 Å². The molecular weight excluding hydrogens is 244 g/mol. The Morgan fingerprint density at radius 2 is 1.84 bits per heavy atom. The van der Waals surface area contributed by atoms with Crippen LogP contribution in [0.5, 0.6) is 0 Å². The van der Waals surface area contributed by atoms with Crippen LogP contribution in [-0.2, 0) is 11.3 Å². The van der Waals surface area contributed by atoms with Gasteiger partial charge in [-0.3, -0.25) is 4.79 Å². The SMILES string of the molecule is CCC(C)(CNC(=O)NCc1ccccc1)C(=O)O. The molecule has 1 unspecified atom stereocenters. The lowest BCUT2D eigenvalue weighted by Gasteiger charge is -2.23. The first-order valence-corrected chi connectivity index (χ1v) is 6.27. The highest BCUT2D eigenvalue weighted by Crippen LogP contribution is 2.19. The Morgan fingerprint density at radius 1 is 1.21 bits per heavy atom. The fraction of sp³-hybridized carbons (Fsp3) is 0.429. The summed E-state index contributed by atoms with van der Waals surface area (Å²) in [6, 6.07) is 9.16. The average Bonchev–Trinajstić information content (AvgIpc) is 2.43. The molecule has 1 rings (SSSR count). The van der Waals surface area contributed by atoms with Crippen LogP contribution < -0.4 is 10.6 Å². The van der Waals surface area contributed by atoms with Crippen LogP contribution in [0.2, 0.25) is 0 Å². The average molecular weight is 264 g/mol. The molecule has 1 aromatic rings. The van der Waals surface area contributed by atoms with Crippen molar-refractivity contribution in [1.82, 2.24) is 10.6 Å². The molecule has 0 saturated carbocycles. The van der Waals surface area contributed by atoms with Gasteiger partial charge in [0.05, 0.1) is 5.41 Å². The second-order valence-corrected chi connectivity index (χ2v) is 4.74. The normalized spacial score (nSPS) is 13.4. The first kappa shape index (κ1) is 15.0. The van der Waals surface area contributed by atoms with E-state index in [9.17, 15) is 9.59 Å². The van der Waals surface area contributed by atoms with E-state index in [0.717, 1.165) is 5.56 Å². The zero-order chi connectivity index (χ0) is 14.3. The third-order valence-electron chi connectivity index (χ3n) is 3.23. The lowest BCUT2D eigenvalue weighted by Crippen LogP contribution is -2.44. The van der Waals surface area contributed by atoms with E-state index in [1.165, 1.54) is 0 Å². The van der Waals surface area contributed by atoms with Gasteiger partial charge in [-0.1, -0.05) is 37.3 Å². The summed E-state index contributed by atoms with van der Waals surface area (Å²) in [6.45, 7) is 3.94. The lowest BCUT2D eigenvalue weighted by atomic mass is 9.88. The summed E-state index contributed by atoms with van der Waals surface area (Å²) in [6.07, 6.45) is 0.460. The molecule has 19 heavy (non-hydrogen) atoms. The summed E-state index contributed by atoms with van der Waals surface area (Å²) < 4.78 is 0. The van der Waals surface area contributed by atoms with Gasteiger partial charge in [-0.05, 0) is 18.9 Å². The number of rotatable bonds is 6. The topological polar surface area (TPSA) is 78.4 Å². The van der Waals surface area contributed by atoms with Crippen molar-refractivity contribution in [3.05, 3.63) is 35.9 Å². The molecular formula is C14H20N2O3. The number of carboxylic acid groups (broad SMARTS) is 1. The van der Waals surface area contributed by atoms with Crippen LogP contribution in [-0.4, -0.2) is 23.7 Å². The number of hydrogen-bond acceptors (Lipinski definition) is 2. The Morgan fingerprint density at radius 3 is 2.37 bits per heavy atom. The van der Waals surface area contributed by atoms with Gasteiger partial charge in [-0.25, -0.2) is 4.79 Å². The fourth-order valence-electron chi connectivity index (χ4n) is 1.47. The van der Waals surface area contributed by atoms with E-state index in [-0.39, 0.29) is 12.6 Å². The summed E-state index contributed by atoms with van der Waals surface area (Å²) >= 11 is 0. The number of hydrogen-bond donors (Lipinski definition) is 3. The molecule has 3 N–H and O–H groups in total. The minimum Gasteiger partial charge on any atom is -0.481 e. The lowest BCUT2D eigenvalue weighted by molar-refractivity contribution is -0.147. The summed E-state index contributed by atoms with van der Waals surface area (Å²) in [5.41, 5.74) is 0.0681. The highest BCUT2D eigenvalue weighted by atomic mass is 16.4. The monoisotopic (exact) mass is 264 g/mol. The smallest absolute Gasteiger partial charge is 0.315 e. The number of carboxylic acids is 1. The quantitative estimate of drug-likeness (QED) is 0.735. The second kappa shape index (κ2) is 6.78. The number of benzene rings is 1. The summed E-state index contributed by atoms with van der Waals surface area (Å²) in [4.78, 5) is 22.7. The third kappa shape index (κ3) is 4.62. The van der Waals surface area contributed by atoms with Gasteiger partial charge >= 0.3 is 12.0 Å². The Hall–Kier alpha value is -2.04. The predicted octanol–water partition coefficient (Wildman–Crippen LogP) is 1.99. The summed E-state index contributed by atoms with van der Waals surface area (Å²) in [5, 5.41) is 14.4. The first-order chi connectivity index (χ1) is 8.98. The van der Waals surface area contributed by atoms with Crippen molar-refractivity contribution in [2.45, 2.75) is 26.8 Å². The van der Waals surface area contributed by atoms with Crippen molar-refractivity contribution < 1.29 is 14.7 Å². The molecule has 1 aromatic carbocycles. The van der Waals surface area contributed by atoms with Gasteiger partial charge in [0.2, 0.25) is 0 Å². The Balaban J connectivity index is 2.38. The van der Waals surface area contributed by atoms with Crippen LogP contribution in [0.1, 0.15) is 25.8 Å². The number of nitrogens with one attached hydrogen (secondary N) is 2. The second-order valence-electron chi connectivity index (χ2n) is 4.74. The van der Waals surface area contributed by atoms with Crippen LogP contribution in [0.4, 0.5) is 4.79 Å². The Kier molecular flexibility index (Phi) is 5.36. The third-order valence-corrected chi connectivity index (χ3v) is 3.23. The van der Waals surface area contributed by atoms with Crippen LogP contribution in [0, 0.1) is 5.41 Å². The van der Waals surface area contributed by atoms with Crippen molar-refractivity contribution in [3.63, 3.8) is 0 Å². The highest BCUT2D eigenvalue weighted by Gasteiger charge is 2.31. The predicted molar refractivity (Wildman–Crippen MR) is 72.7 cm³/mol. The van der Waals surface area contributed by atoms with E-state index >= 15 is 0 Å². The van der Waals surface area contributed by atoms with Crippen molar-refractivity contribution >= 4 is 12.0 Å². The molecule has 0 spiro atoms. The molecule has 0 aromatic heterocycles. The van der Waals surface area contributed by atoms with E-state index < -0.39 is 11.4 Å². The number of urea groups is 1. The van der Waals surface area contributed by atoms with Gasteiger partial charge in [0, 0.05) is 13.1 Å². The molecule has 0 aliphatic carbocycles. The van der Waals surface area contributed by atoms with E-state index in [1.54, 1.807) is 13.8 Å². The van der Waals surface area contributed by atoms with E-state index in [2.05, 4.69) is 10.6 Å². The maximum Gasteiger partial charge on any atom is 0.315 e. The summed E-state index contributed by atoms with van der Waals surface area (Å²) in [7, 11) is 0. The molecule has 0 bridgehead atoms. The highest BCUT2D eigenvalue weighted by molar-refractivity contribution is 5.77. The molecule has 5 heteroatoms. The fourth-order valence-corrected chi connectivity index (χ4v) is 1.47.